The summed E-state index contributed by atoms with van der Waals surface area (Å²) in [5.74, 6) is 0.358. The van der Waals surface area contributed by atoms with Crippen LogP contribution in [-0.4, -0.2) is 15.9 Å². The lowest BCUT2D eigenvalue weighted by Gasteiger charge is -2.11. The van der Waals surface area contributed by atoms with E-state index < -0.39 is 0 Å². The van der Waals surface area contributed by atoms with E-state index in [1.54, 1.807) is 6.20 Å². The largest absolute Gasteiger partial charge is 0.324 e. The number of anilines is 3. The molecule has 1 heterocycles. The summed E-state index contributed by atoms with van der Waals surface area (Å²) in [5, 5.41) is 6.13. The lowest BCUT2D eigenvalue weighted by Crippen LogP contribution is -2.13. The van der Waals surface area contributed by atoms with Crippen LogP contribution < -0.4 is 10.6 Å². The van der Waals surface area contributed by atoms with Crippen LogP contribution in [0.4, 0.5) is 17.3 Å². The number of benzene rings is 3. The molecule has 0 unspecified atom stereocenters. The van der Waals surface area contributed by atoms with E-state index in [2.05, 4.69) is 20.6 Å². The Morgan fingerprint density at radius 1 is 0.828 bits per heavy atom. The molecule has 5 heteroatoms. The van der Waals surface area contributed by atoms with Gasteiger partial charge in [0, 0.05) is 28.7 Å². The van der Waals surface area contributed by atoms with Gasteiger partial charge in [0.2, 0.25) is 5.95 Å². The molecule has 0 aliphatic heterocycles. The van der Waals surface area contributed by atoms with Crippen LogP contribution in [-0.2, 0) is 0 Å². The van der Waals surface area contributed by atoms with Gasteiger partial charge in [-0.25, -0.2) is 9.97 Å². The highest BCUT2D eigenvalue weighted by molar-refractivity contribution is 6.05. The number of carbonyl (C=O) groups is 1. The molecule has 0 saturated carbocycles. The molecule has 4 rings (SSSR count). The van der Waals surface area contributed by atoms with Crippen molar-refractivity contribution in [2.45, 2.75) is 6.92 Å². The molecule has 4 aromatic rings. The molecular weight excluding hydrogens is 360 g/mol. The second-order valence-corrected chi connectivity index (χ2v) is 6.61. The molecular formula is C24H20N4O. The molecule has 0 atom stereocenters. The van der Waals surface area contributed by atoms with Crippen LogP contribution in [0.2, 0.25) is 0 Å². The second-order valence-electron chi connectivity index (χ2n) is 6.61. The van der Waals surface area contributed by atoms with E-state index in [-0.39, 0.29) is 5.91 Å². The number of aromatic nitrogens is 2. The van der Waals surface area contributed by atoms with E-state index in [0.29, 0.717) is 11.5 Å². The number of amides is 1. The Labute approximate surface area is 169 Å². The number of aryl methyl sites for hydroxylation is 1. The summed E-state index contributed by atoms with van der Waals surface area (Å²) in [5.41, 5.74) is 4.79. The summed E-state index contributed by atoms with van der Waals surface area (Å²) in [6.45, 7) is 1.92. The Morgan fingerprint density at radius 2 is 1.52 bits per heavy atom. The van der Waals surface area contributed by atoms with Gasteiger partial charge in [-0.1, -0.05) is 48.5 Å². The molecule has 1 amide bonds. The van der Waals surface area contributed by atoms with Gasteiger partial charge >= 0.3 is 0 Å². The zero-order chi connectivity index (χ0) is 20.1. The number of hydrogen-bond donors (Lipinski definition) is 2. The first-order valence-electron chi connectivity index (χ1n) is 9.31. The highest BCUT2D eigenvalue weighted by Crippen LogP contribution is 2.23. The van der Waals surface area contributed by atoms with Crippen molar-refractivity contribution in [3.63, 3.8) is 0 Å². The minimum absolute atomic E-state index is 0.146. The van der Waals surface area contributed by atoms with Gasteiger partial charge in [0.15, 0.2) is 0 Å². The predicted octanol–water partition coefficient (Wildman–Crippen LogP) is 5.45. The second kappa shape index (κ2) is 8.35. The van der Waals surface area contributed by atoms with Crippen molar-refractivity contribution in [1.82, 2.24) is 9.97 Å². The smallest absolute Gasteiger partial charge is 0.255 e. The summed E-state index contributed by atoms with van der Waals surface area (Å²) in [7, 11) is 0. The Bertz CT molecular complexity index is 1130. The molecule has 0 aliphatic rings. The van der Waals surface area contributed by atoms with E-state index in [9.17, 15) is 4.79 Å². The van der Waals surface area contributed by atoms with Crippen molar-refractivity contribution in [2.24, 2.45) is 0 Å². The third-order valence-corrected chi connectivity index (χ3v) is 4.50. The van der Waals surface area contributed by atoms with Crippen molar-refractivity contribution in [3.8, 4) is 11.3 Å². The molecule has 0 radical (unpaired) electrons. The molecule has 0 fully saturated rings. The molecule has 0 aliphatic carbocycles. The van der Waals surface area contributed by atoms with Gasteiger partial charge in [0.1, 0.15) is 0 Å². The van der Waals surface area contributed by atoms with Gasteiger partial charge in [0.05, 0.1) is 5.69 Å². The predicted molar refractivity (Wildman–Crippen MR) is 116 cm³/mol. The normalized spacial score (nSPS) is 10.4. The molecule has 2 N–H and O–H groups in total. The molecule has 0 spiro atoms. The molecule has 0 saturated heterocycles. The SMILES string of the molecule is Cc1ccc(-c2ccnc(Nc3ccccc3)n2)cc1C(=O)Nc1ccccc1. The Kier molecular flexibility index (Phi) is 5.29. The van der Waals surface area contributed by atoms with Crippen molar-refractivity contribution < 1.29 is 4.79 Å². The topological polar surface area (TPSA) is 66.9 Å². The summed E-state index contributed by atoms with van der Waals surface area (Å²) in [6, 6.07) is 26.8. The average molecular weight is 380 g/mol. The molecule has 0 bridgehead atoms. The number of rotatable bonds is 5. The fourth-order valence-electron chi connectivity index (χ4n) is 2.98. The van der Waals surface area contributed by atoms with Gasteiger partial charge in [-0.15, -0.1) is 0 Å². The van der Waals surface area contributed by atoms with Gasteiger partial charge < -0.3 is 10.6 Å². The first-order chi connectivity index (χ1) is 14.2. The number of para-hydroxylation sites is 2. The third kappa shape index (κ3) is 4.47. The monoisotopic (exact) mass is 380 g/mol. The number of hydrogen-bond acceptors (Lipinski definition) is 4. The summed E-state index contributed by atoms with van der Waals surface area (Å²) < 4.78 is 0. The molecule has 5 nitrogen and oxygen atoms in total. The standard InChI is InChI=1S/C24H20N4O/c1-17-12-13-18(16-21(17)23(29)26-19-8-4-2-5-9-19)22-14-15-25-24(28-22)27-20-10-6-3-7-11-20/h2-16H,1H3,(H,26,29)(H,25,27,28). The van der Waals surface area contributed by atoms with E-state index in [1.807, 2.05) is 91.9 Å². The lowest BCUT2D eigenvalue weighted by atomic mass is 10.0. The van der Waals surface area contributed by atoms with Gasteiger partial charge in [0.25, 0.3) is 5.91 Å². The van der Waals surface area contributed by atoms with E-state index in [0.717, 1.165) is 28.2 Å². The Hall–Kier alpha value is -3.99. The number of nitrogens with one attached hydrogen (secondary N) is 2. The number of nitrogens with zero attached hydrogens (tertiary/aromatic N) is 2. The highest BCUT2D eigenvalue weighted by Gasteiger charge is 2.12. The van der Waals surface area contributed by atoms with Crippen molar-refractivity contribution in [2.75, 3.05) is 10.6 Å². The first kappa shape index (κ1) is 18.4. The van der Waals surface area contributed by atoms with Crippen molar-refractivity contribution >= 4 is 23.2 Å². The fraction of sp³-hybridized carbons (Fsp3) is 0.0417. The van der Waals surface area contributed by atoms with Gasteiger partial charge in [-0.05, 0) is 48.9 Å². The van der Waals surface area contributed by atoms with Gasteiger partial charge in [-0.3, -0.25) is 4.79 Å². The maximum atomic E-state index is 12.8. The van der Waals surface area contributed by atoms with Crippen LogP contribution in [0, 0.1) is 6.92 Å². The Morgan fingerprint density at radius 3 is 2.24 bits per heavy atom. The van der Waals surface area contributed by atoms with E-state index in [1.165, 1.54) is 0 Å². The maximum Gasteiger partial charge on any atom is 0.255 e. The third-order valence-electron chi connectivity index (χ3n) is 4.50. The van der Waals surface area contributed by atoms with Crippen LogP contribution >= 0.6 is 0 Å². The molecule has 29 heavy (non-hydrogen) atoms. The van der Waals surface area contributed by atoms with Crippen LogP contribution in [0.15, 0.2) is 91.1 Å². The average Bonchev–Trinajstić information content (AvgIpc) is 2.76. The van der Waals surface area contributed by atoms with Crippen LogP contribution in [0.25, 0.3) is 11.3 Å². The van der Waals surface area contributed by atoms with Crippen LogP contribution in [0.1, 0.15) is 15.9 Å². The van der Waals surface area contributed by atoms with Crippen molar-refractivity contribution in [3.05, 3.63) is 102 Å². The van der Waals surface area contributed by atoms with Gasteiger partial charge in [-0.2, -0.15) is 0 Å². The molecule has 1 aromatic heterocycles. The highest BCUT2D eigenvalue weighted by atomic mass is 16.1. The molecule has 3 aromatic carbocycles. The van der Waals surface area contributed by atoms with Crippen molar-refractivity contribution in [1.29, 1.82) is 0 Å². The lowest BCUT2D eigenvalue weighted by molar-refractivity contribution is 0.102. The Balaban J connectivity index is 1.60. The fourth-order valence-corrected chi connectivity index (χ4v) is 2.98. The minimum atomic E-state index is -0.146. The zero-order valence-electron chi connectivity index (χ0n) is 16.0. The maximum absolute atomic E-state index is 12.8. The zero-order valence-corrected chi connectivity index (χ0v) is 16.0. The minimum Gasteiger partial charge on any atom is -0.324 e. The first-order valence-corrected chi connectivity index (χ1v) is 9.31. The van der Waals surface area contributed by atoms with E-state index in [4.69, 9.17) is 0 Å². The summed E-state index contributed by atoms with van der Waals surface area (Å²) in [6.07, 6.45) is 1.71. The number of carbonyl (C=O) groups excluding carboxylic acids is 1. The molecule has 142 valence electrons. The van der Waals surface area contributed by atoms with Crippen LogP contribution in [0.3, 0.4) is 0 Å². The van der Waals surface area contributed by atoms with Crippen LogP contribution in [0.5, 0.6) is 0 Å². The van der Waals surface area contributed by atoms with E-state index >= 15 is 0 Å². The quantitative estimate of drug-likeness (QED) is 0.483. The summed E-state index contributed by atoms with van der Waals surface area (Å²) >= 11 is 0. The summed E-state index contributed by atoms with van der Waals surface area (Å²) in [4.78, 5) is 21.7.